The number of nitrogens with zero attached hydrogens (tertiary/aromatic N) is 2. The Kier molecular flexibility index (Phi) is 5.30. The Hall–Kier alpha value is -4.67. The number of carbonyl (C=O) groups excluding carboxylic acids is 1. The molecule has 0 saturated carbocycles. The van der Waals surface area contributed by atoms with E-state index in [4.69, 9.17) is 5.73 Å². The first kappa shape index (κ1) is 19.6. The van der Waals surface area contributed by atoms with Crippen LogP contribution in [0.15, 0.2) is 91.0 Å². The molecule has 0 aliphatic carbocycles. The summed E-state index contributed by atoms with van der Waals surface area (Å²) in [6.45, 7) is 0. The van der Waals surface area contributed by atoms with Crippen LogP contribution in [0.2, 0.25) is 0 Å². The van der Waals surface area contributed by atoms with E-state index < -0.39 is 5.91 Å². The van der Waals surface area contributed by atoms with Gasteiger partial charge in [0, 0.05) is 16.7 Å². The Bertz CT molecular complexity index is 1270. The van der Waals surface area contributed by atoms with Crippen LogP contribution in [-0.2, 0) is 0 Å². The van der Waals surface area contributed by atoms with Crippen LogP contribution in [0, 0.1) is 22.7 Å². The Morgan fingerprint density at radius 2 is 0.903 bits per heavy atom. The van der Waals surface area contributed by atoms with Crippen LogP contribution in [-0.4, -0.2) is 5.91 Å². The molecule has 1 amide bonds. The predicted molar refractivity (Wildman–Crippen MR) is 121 cm³/mol. The van der Waals surface area contributed by atoms with E-state index in [1.54, 1.807) is 0 Å². The smallest absolute Gasteiger partial charge is 0.250 e. The predicted octanol–water partition coefficient (Wildman–Crippen LogP) is 5.53. The molecule has 0 aliphatic rings. The molecule has 4 aromatic rings. The van der Waals surface area contributed by atoms with E-state index in [1.165, 1.54) is 0 Å². The first-order valence-electron chi connectivity index (χ1n) is 9.67. The third kappa shape index (κ3) is 3.44. The van der Waals surface area contributed by atoms with E-state index in [0.29, 0.717) is 27.8 Å². The summed E-state index contributed by atoms with van der Waals surface area (Å²) in [7, 11) is 0. The summed E-state index contributed by atoms with van der Waals surface area (Å²) in [4.78, 5) is 12.8. The van der Waals surface area contributed by atoms with E-state index in [9.17, 15) is 15.3 Å². The summed E-state index contributed by atoms with van der Waals surface area (Å²) in [5.41, 5.74) is 10.0. The van der Waals surface area contributed by atoms with Gasteiger partial charge in [-0.3, -0.25) is 4.79 Å². The minimum Gasteiger partial charge on any atom is -0.366 e. The zero-order chi connectivity index (χ0) is 21.8. The number of benzene rings is 4. The highest BCUT2D eigenvalue weighted by Crippen LogP contribution is 2.44. The van der Waals surface area contributed by atoms with Crippen molar-refractivity contribution >= 4 is 5.91 Å². The van der Waals surface area contributed by atoms with Gasteiger partial charge < -0.3 is 5.73 Å². The highest BCUT2D eigenvalue weighted by atomic mass is 16.1. The van der Waals surface area contributed by atoms with Crippen LogP contribution in [0.25, 0.3) is 33.4 Å². The zero-order valence-corrected chi connectivity index (χ0v) is 16.5. The molecule has 0 spiro atoms. The molecule has 0 bridgehead atoms. The lowest BCUT2D eigenvalue weighted by Crippen LogP contribution is -2.17. The van der Waals surface area contributed by atoms with Gasteiger partial charge >= 0.3 is 0 Å². The lowest BCUT2D eigenvalue weighted by Gasteiger charge is -2.21. The second-order valence-electron chi connectivity index (χ2n) is 6.94. The molecule has 4 rings (SSSR count). The molecule has 4 heteroatoms. The molecule has 0 aromatic heterocycles. The standard InChI is InChI=1S/C27H17N3O/c28-16-21-23(18-10-4-1-5-11-18)22(17-29)25(20-14-8-3-9-15-20)26(27(30)31)24(21)19-12-6-2-7-13-19/h1-15H,(H2,30,31). The van der Waals surface area contributed by atoms with Crippen LogP contribution in [0.1, 0.15) is 21.5 Å². The number of hydrogen-bond donors (Lipinski definition) is 1. The molecule has 0 atom stereocenters. The monoisotopic (exact) mass is 399 g/mol. The van der Waals surface area contributed by atoms with Gasteiger partial charge in [-0.25, -0.2) is 0 Å². The maximum Gasteiger partial charge on any atom is 0.250 e. The van der Waals surface area contributed by atoms with Crippen LogP contribution >= 0.6 is 0 Å². The number of nitriles is 2. The van der Waals surface area contributed by atoms with E-state index in [1.807, 2.05) is 91.0 Å². The van der Waals surface area contributed by atoms with Gasteiger partial charge in [0.05, 0.1) is 16.7 Å². The second-order valence-corrected chi connectivity index (χ2v) is 6.94. The van der Waals surface area contributed by atoms with Crippen molar-refractivity contribution in [1.82, 2.24) is 0 Å². The fraction of sp³-hybridized carbons (Fsp3) is 0. The number of rotatable bonds is 4. The maximum atomic E-state index is 12.8. The molecule has 146 valence electrons. The lowest BCUT2D eigenvalue weighted by atomic mass is 9.79. The van der Waals surface area contributed by atoms with Crippen molar-refractivity contribution in [2.24, 2.45) is 5.73 Å². The Labute approximate surface area is 180 Å². The topological polar surface area (TPSA) is 90.7 Å². The molecule has 0 radical (unpaired) electrons. The summed E-state index contributed by atoms with van der Waals surface area (Å²) in [6, 6.07) is 32.2. The fourth-order valence-corrected chi connectivity index (χ4v) is 3.90. The van der Waals surface area contributed by atoms with Crippen LogP contribution in [0.4, 0.5) is 0 Å². The first-order chi connectivity index (χ1) is 15.2. The molecule has 0 unspecified atom stereocenters. The van der Waals surface area contributed by atoms with Gasteiger partial charge in [0.2, 0.25) is 5.91 Å². The highest BCUT2D eigenvalue weighted by Gasteiger charge is 2.28. The first-order valence-corrected chi connectivity index (χ1v) is 9.67. The largest absolute Gasteiger partial charge is 0.366 e. The summed E-state index contributed by atoms with van der Waals surface area (Å²) >= 11 is 0. The Balaban J connectivity index is 2.30. The van der Waals surface area contributed by atoms with Crippen molar-refractivity contribution in [3.63, 3.8) is 0 Å². The van der Waals surface area contributed by atoms with Gasteiger partial charge in [-0.15, -0.1) is 0 Å². The van der Waals surface area contributed by atoms with Crippen LogP contribution in [0.5, 0.6) is 0 Å². The van der Waals surface area contributed by atoms with E-state index in [-0.39, 0.29) is 16.7 Å². The fourth-order valence-electron chi connectivity index (χ4n) is 3.90. The highest BCUT2D eigenvalue weighted by molar-refractivity contribution is 6.11. The van der Waals surface area contributed by atoms with Crippen molar-refractivity contribution in [3.05, 3.63) is 108 Å². The molecule has 2 N–H and O–H groups in total. The third-order valence-electron chi connectivity index (χ3n) is 5.16. The van der Waals surface area contributed by atoms with Crippen molar-refractivity contribution < 1.29 is 4.79 Å². The van der Waals surface area contributed by atoms with Crippen LogP contribution < -0.4 is 5.73 Å². The number of hydrogen-bond acceptors (Lipinski definition) is 3. The molecule has 0 fully saturated rings. The molecule has 31 heavy (non-hydrogen) atoms. The number of primary amides is 1. The van der Waals surface area contributed by atoms with Gasteiger partial charge in [-0.2, -0.15) is 10.5 Å². The van der Waals surface area contributed by atoms with Crippen LogP contribution in [0.3, 0.4) is 0 Å². The van der Waals surface area contributed by atoms with Gasteiger partial charge in [0.15, 0.2) is 0 Å². The third-order valence-corrected chi connectivity index (χ3v) is 5.16. The van der Waals surface area contributed by atoms with Gasteiger partial charge in [0.1, 0.15) is 12.1 Å². The minimum atomic E-state index is -0.690. The summed E-state index contributed by atoms with van der Waals surface area (Å²) in [5.74, 6) is -0.690. The molecule has 4 aromatic carbocycles. The van der Waals surface area contributed by atoms with E-state index in [2.05, 4.69) is 12.1 Å². The normalized spacial score (nSPS) is 10.1. The Morgan fingerprint density at radius 1 is 0.581 bits per heavy atom. The quantitative estimate of drug-likeness (QED) is 0.489. The van der Waals surface area contributed by atoms with E-state index >= 15 is 0 Å². The van der Waals surface area contributed by atoms with E-state index in [0.717, 1.165) is 5.56 Å². The van der Waals surface area contributed by atoms with Crippen molar-refractivity contribution in [2.45, 2.75) is 0 Å². The summed E-state index contributed by atoms with van der Waals surface area (Å²) < 4.78 is 0. The number of amides is 1. The lowest BCUT2D eigenvalue weighted by molar-refractivity contribution is 0.100. The molecule has 0 heterocycles. The number of carbonyl (C=O) groups is 1. The van der Waals surface area contributed by atoms with Gasteiger partial charge in [0.25, 0.3) is 0 Å². The molecular weight excluding hydrogens is 382 g/mol. The van der Waals surface area contributed by atoms with Crippen molar-refractivity contribution in [2.75, 3.05) is 0 Å². The average molecular weight is 399 g/mol. The van der Waals surface area contributed by atoms with Gasteiger partial charge in [-0.05, 0) is 16.7 Å². The molecule has 4 nitrogen and oxygen atoms in total. The summed E-state index contributed by atoms with van der Waals surface area (Å²) in [5, 5.41) is 20.4. The molecule has 0 saturated heterocycles. The SMILES string of the molecule is N#Cc1c(-c2ccccc2)c(C#N)c(-c2ccccc2)c(C(N)=O)c1-c1ccccc1. The second kappa shape index (κ2) is 8.37. The van der Waals surface area contributed by atoms with Crippen molar-refractivity contribution in [1.29, 1.82) is 10.5 Å². The van der Waals surface area contributed by atoms with Crippen molar-refractivity contribution in [3.8, 4) is 45.5 Å². The average Bonchev–Trinajstić information content (AvgIpc) is 2.83. The minimum absolute atomic E-state index is 0.171. The maximum absolute atomic E-state index is 12.8. The number of nitrogens with two attached hydrogens (primary N) is 1. The summed E-state index contributed by atoms with van der Waals surface area (Å²) in [6.07, 6.45) is 0. The molecular formula is C27H17N3O. The zero-order valence-electron chi connectivity index (χ0n) is 16.5. The van der Waals surface area contributed by atoms with Gasteiger partial charge in [-0.1, -0.05) is 91.0 Å². The molecule has 0 aliphatic heterocycles. The Morgan fingerprint density at radius 3 is 1.19 bits per heavy atom.